The Kier molecular flexibility index (Phi) is 4.82. The summed E-state index contributed by atoms with van der Waals surface area (Å²) < 4.78 is 15.6. The average Bonchev–Trinajstić information content (AvgIpc) is 3.76. The summed E-state index contributed by atoms with van der Waals surface area (Å²) in [6, 6.07) is 11.9. The van der Waals surface area contributed by atoms with Crippen molar-refractivity contribution in [3.05, 3.63) is 53.3 Å². The Morgan fingerprint density at radius 2 is 1.92 bits per heavy atom. The van der Waals surface area contributed by atoms with Crippen LogP contribution in [0.2, 0.25) is 0 Å². The van der Waals surface area contributed by atoms with Gasteiger partial charge in [-0.1, -0.05) is 12.1 Å². The first-order chi connectivity index (χ1) is 17.4. The lowest BCUT2D eigenvalue weighted by Gasteiger charge is -2.24. The third-order valence-corrected chi connectivity index (χ3v) is 8.48. The predicted molar refractivity (Wildman–Crippen MR) is 136 cm³/mol. The van der Waals surface area contributed by atoms with Gasteiger partial charge in [0.05, 0.1) is 5.56 Å². The predicted octanol–water partition coefficient (Wildman–Crippen LogP) is 4.23. The Morgan fingerprint density at radius 3 is 2.67 bits per heavy atom. The Balaban J connectivity index is 1.13. The molecular weight excluding hydrogens is 455 g/mol. The van der Waals surface area contributed by atoms with Crippen LogP contribution < -0.4 is 5.32 Å². The molecule has 1 spiro atoms. The van der Waals surface area contributed by atoms with Crippen LogP contribution in [0, 0.1) is 17.7 Å². The zero-order chi connectivity index (χ0) is 24.6. The van der Waals surface area contributed by atoms with Gasteiger partial charge in [0.15, 0.2) is 0 Å². The van der Waals surface area contributed by atoms with Gasteiger partial charge in [-0.25, -0.2) is 4.39 Å². The number of hydrogen-bond acceptors (Lipinski definition) is 4. The summed E-state index contributed by atoms with van der Waals surface area (Å²) in [6.45, 7) is 4.07. The zero-order valence-electron chi connectivity index (χ0n) is 20.6. The molecule has 7 rings (SSSR count). The molecule has 3 fully saturated rings. The number of halogens is 1. The molecule has 36 heavy (non-hydrogen) atoms. The van der Waals surface area contributed by atoms with Crippen molar-refractivity contribution in [3.63, 3.8) is 0 Å². The van der Waals surface area contributed by atoms with Crippen molar-refractivity contribution in [1.29, 1.82) is 0 Å². The van der Waals surface area contributed by atoms with Crippen LogP contribution >= 0.6 is 0 Å². The monoisotopic (exact) mass is 486 g/mol. The van der Waals surface area contributed by atoms with Gasteiger partial charge in [0.2, 0.25) is 5.91 Å². The highest BCUT2D eigenvalue weighted by Crippen LogP contribution is 2.46. The van der Waals surface area contributed by atoms with Crippen molar-refractivity contribution in [2.45, 2.75) is 57.0 Å². The van der Waals surface area contributed by atoms with Gasteiger partial charge in [-0.2, -0.15) is 0 Å². The summed E-state index contributed by atoms with van der Waals surface area (Å²) >= 11 is 0. The highest BCUT2D eigenvalue weighted by atomic mass is 19.1. The summed E-state index contributed by atoms with van der Waals surface area (Å²) in [5, 5.41) is 3.45. The fraction of sp³-hybridized carbons (Fsp3) is 0.483. The molecule has 2 saturated carbocycles. The van der Waals surface area contributed by atoms with E-state index in [0.29, 0.717) is 30.5 Å². The molecule has 3 aliphatic heterocycles. The SMILES string of the molecule is CC1Cc2cc(-c3ccc(C4=NC5(CC5)C(=O)N4C[C@@H]4CCN(C(=O)C5CC5)C4)c(F)c3)ccc2N1. The molecule has 6 nitrogen and oxygen atoms in total. The van der Waals surface area contributed by atoms with Gasteiger partial charge in [-0.15, -0.1) is 0 Å². The second-order valence-electron chi connectivity index (χ2n) is 11.4. The van der Waals surface area contributed by atoms with E-state index < -0.39 is 5.54 Å². The molecule has 3 heterocycles. The van der Waals surface area contributed by atoms with Crippen LogP contribution in [0.3, 0.4) is 0 Å². The van der Waals surface area contributed by atoms with Crippen molar-refractivity contribution in [2.24, 2.45) is 16.8 Å². The Bertz CT molecular complexity index is 1310. The number of likely N-dealkylation sites (tertiary alicyclic amines) is 1. The molecule has 186 valence electrons. The maximum Gasteiger partial charge on any atom is 0.256 e. The molecule has 7 heteroatoms. The fourth-order valence-electron chi connectivity index (χ4n) is 6.11. The number of carbonyl (C=O) groups excluding carboxylic acids is 2. The van der Waals surface area contributed by atoms with E-state index >= 15 is 4.39 Å². The molecule has 1 unspecified atom stereocenters. The molecule has 2 aromatic carbocycles. The van der Waals surface area contributed by atoms with Crippen LogP contribution in [-0.2, 0) is 16.0 Å². The molecule has 0 bridgehead atoms. The van der Waals surface area contributed by atoms with Crippen molar-refractivity contribution in [2.75, 3.05) is 25.0 Å². The van der Waals surface area contributed by atoms with E-state index in [1.807, 2.05) is 17.0 Å². The van der Waals surface area contributed by atoms with Gasteiger partial charge in [-0.3, -0.25) is 19.5 Å². The average molecular weight is 487 g/mol. The largest absolute Gasteiger partial charge is 0.382 e. The number of carbonyl (C=O) groups is 2. The van der Waals surface area contributed by atoms with E-state index in [1.54, 1.807) is 17.0 Å². The van der Waals surface area contributed by atoms with Crippen LogP contribution in [0.15, 0.2) is 41.4 Å². The lowest BCUT2D eigenvalue weighted by Crippen LogP contribution is -2.41. The standard InChI is InChI=1S/C29H31FN4O2/c1-17-12-22-13-20(5-7-25(22)31-17)21-4-6-23(24(30)14-21)26-32-29(9-10-29)28(36)34(26)16-18-8-11-33(15-18)27(35)19-2-3-19/h4-7,13-14,17-19,31H,2-3,8-12,15-16H2,1H3/t17?,18-/m1/s1. The summed E-state index contributed by atoms with van der Waals surface area (Å²) in [5.74, 6) is 0.762. The first-order valence-corrected chi connectivity index (χ1v) is 13.3. The van der Waals surface area contributed by atoms with E-state index in [4.69, 9.17) is 4.99 Å². The topological polar surface area (TPSA) is 65.0 Å². The maximum absolute atomic E-state index is 15.6. The number of nitrogens with zero attached hydrogens (tertiary/aromatic N) is 3. The number of rotatable bonds is 5. The second-order valence-corrected chi connectivity index (χ2v) is 11.4. The van der Waals surface area contributed by atoms with Crippen LogP contribution in [0.25, 0.3) is 11.1 Å². The van der Waals surface area contributed by atoms with Crippen molar-refractivity contribution >= 4 is 23.3 Å². The van der Waals surface area contributed by atoms with Gasteiger partial charge in [0.1, 0.15) is 17.2 Å². The lowest BCUT2D eigenvalue weighted by molar-refractivity contribution is -0.131. The van der Waals surface area contributed by atoms with E-state index in [9.17, 15) is 9.59 Å². The molecule has 1 N–H and O–H groups in total. The van der Waals surface area contributed by atoms with Gasteiger partial charge in [-0.05, 0) is 92.3 Å². The second kappa shape index (κ2) is 7.89. The Labute approximate surface area is 210 Å². The molecular formula is C29H31FN4O2. The smallest absolute Gasteiger partial charge is 0.256 e. The van der Waals surface area contributed by atoms with Crippen LogP contribution in [0.1, 0.15) is 50.2 Å². The molecule has 5 aliphatic rings. The highest BCUT2D eigenvalue weighted by Gasteiger charge is 2.58. The minimum atomic E-state index is -0.688. The zero-order valence-corrected chi connectivity index (χ0v) is 20.6. The quantitative estimate of drug-likeness (QED) is 0.688. The van der Waals surface area contributed by atoms with E-state index in [0.717, 1.165) is 61.9 Å². The first-order valence-electron chi connectivity index (χ1n) is 13.3. The number of fused-ring (bicyclic) bond motifs is 1. The third-order valence-electron chi connectivity index (χ3n) is 8.48. The Morgan fingerprint density at radius 1 is 1.14 bits per heavy atom. The number of nitrogens with one attached hydrogen (secondary N) is 1. The van der Waals surface area contributed by atoms with Crippen molar-refractivity contribution in [3.8, 4) is 11.1 Å². The molecule has 0 radical (unpaired) electrons. The molecule has 0 aromatic heterocycles. The summed E-state index contributed by atoms with van der Waals surface area (Å²) in [5.41, 5.74) is 3.91. The van der Waals surface area contributed by atoms with E-state index in [1.165, 1.54) is 5.56 Å². The fourth-order valence-corrected chi connectivity index (χ4v) is 6.11. The lowest BCUT2D eigenvalue weighted by atomic mass is 9.99. The van der Waals surface area contributed by atoms with Crippen LogP contribution in [-0.4, -0.2) is 58.7 Å². The van der Waals surface area contributed by atoms with Crippen LogP contribution in [0.5, 0.6) is 0 Å². The highest BCUT2D eigenvalue weighted by molar-refractivity contribution is 6.16. The van der Waals surface area contributed by atoms with E-state index in [-0.39, 0.29) is 29.5 Å². The molecule has 2 aromatic rings. The minimum absolute atomic E-state index is 0.00631. The Hall–Kier alpha value is -3.22. The summed E-state index contributed by atoms with van der Waals surface area (Å²) in [6.07, 6.45) is 5.29. The summed E-state index contributed by atoms with van der Waals surface area (Å²) in [4.78, 5) is 34.3. The number of benzene rings is 2. The van der Waals surface area contributed by atoms with Crippen molar-refractivity contribution in [1.82, 2.24) is 9.80 Å². The molecule has 2 atom stereocenters. The van der Waals surface area contributed by atoms with Crippen LogP contribution in [0.4, 0.5) is 10.1 Å². The maximum atomic E-state index is 15.6. The number of anilines is 1. The number of hydrogen-bond donors (Lipinski definition) is 1. The third kappa shape index (κ3) is 3.62. The van der Waals surface area contributed by atoms with Gasteiger partial charge in [0.25, 0.3) is 5.91 Å². The van der Waals surface area contributed by atoms with E-state index in [2.05, 4.69) is 24.4 Å². The first kappa shape index (κ1) is 22.0. The molecule has 1 saturated heterocycles. The minimum Gasteiger partial charge on any atom is -0.382 e. The number of amidine groups is 1. The van der Waals surface area contributed by atoms with Gasteiger partial charge < -0.3 is 10.2 Å². The van der Waals surface area contributed by atoms with Crippen molar-refractivity contribution < 1.29 is 14.0 Å². The normalized spacial score (nSPS) is 25.8. The van der Waals surface area contributed by atoms with Gasteiger partial charge in [0, 0.05) is 37.3 Å². The number of aliphatic imine (C=N–C) groups is 1. The molecule has 2 amide bonds. The van der Waals surface area contributed by atoms with Gasteiger partial charge >= 0.3 is 0 Å². The summed E-state index contributed by atoms with van der Waals surface area (Å²) in [7, 11) is 0. The molecule has 2 aliphatic carbocycles. The number of amides is 2.